The lowest BCUT2D eigenvalue weighted by molar-refractivity contribution is -0.128. The average Bonchev–Trinajstić information content (AvgIpc) is 3.16. The molecule has 0 saturated carbocycles. The van der Waals surface area contributed by atoms with Gasteiger partial charge in [-0.05, 0) is 55.0 Å². The Kier molecular flexibility index (Phi) is 5.74. The molecule has 1 N–H and O–H groups in total. The van der Waals surface area contributed by atoms with E-state index in [0.717, 1.165) is 11.1 Å². The first kappa shape index (κ1) is 20.2. The average molecular weight is 410 g/mol. The minimum Gasteiger partial charge on any atom is -0.465 e. The zero-order valence-corrected chi connectivity index (χ0v) is 16.7. The highest BCUT2D eigenvalue weighted by Gasteiger charge is 2.32. The first-order chi connectivity index (χ1) is 13.8. The second-order valence-electron chi connectivity index (χ2n) is 6.25. The van der Waals surface area contributed by atoms with Crippen LogP contribution in [0, 0.1) is 6.92 Å². The number of carbonyl (C=O) groups is 3. The van der Waals surface area contributed by atoms with Crippen LogP contribution in [0.5, 0.6) is 0 Å². The number of nitrogens with zero attached hydrogens (tertiary/aromatic N) is 1. The fraction of sp³-hybridized carbons (Fsp3) is 0.143. The highest BCUT2D eigenvalue weighted by molar-refractivity contribution is 7.80. The van der Waals surface area contributed by atoms with Gasteiger partial charge in [0.05, 0.1) is 12.7 Å². The largest absolute Gasteiger partial charge is 0.465 e. The molecule has 1 fully saturated rings. The van der Waals surface area contributed by atoms with E-state index in [0.29, 0.717) is 17.1 Å². The van der Waals surface area contributed by atoms with E-state index >= 15 is 0 Å². The number of nitrogens with one attached hydrogen (secondary N) is 1. The van der Waals surface area contributed by atoms with Gasteiger partial charge in [-0.15, -0.1) is 6.58 Å². The summed E-state index contributed by atoms with van der Waals surface area (Å²) in [6.07, 6.45) is 2.89. The lowest BCUT2D eigenvalue weighted by atomic mass is 10.0. The molecule has 1 saturated heterocycles. The normalized spacial score (nSPS) is 15.4. The van der Waals surface area contributed by atoms with Crippen molar-refractivity contribution in [1.29, 1.82) is 0 Å². The lowest BCUT2D eigenvalue weighted by Gasteiger charge is -2.27. The number of methoxy groups -OCH3 is 1. The van der Waals surface area contributed by atoms with E-state index in [4.69, 9.17) is 21.4 Å². The van der Waals surface area contributed by atoms with Gasteiger partial charge in [-0.25, -0.2) is 4.79 Å². The smallest absolute Gasteiger partial charge is 0.337 e. The van der Waals surface area contributed by atoms with Crippen molar-refractivity contribution in [1.82, 2.24) is 10.2 Å². The molecule has 7 nitrogen and oxygen atoms in total. The maximum atomic E-state index is 12.6. The van der Waals surface area contributed by atoms with E-state index in [1.54, 1.807) is 30.3 Å². The van der Waals surface area contributed by atoms with E-state index in [2.05, 4.69) is 11.9 Å². The van der Waals surface area contributed by atoms with Crippen molar-refractivity contribution in [2.75, 3.05) is 13.7 Å². The number of aryl methyl sites for hydroxylation is 1. The van der Waals surface area contributed by atoms with Crippen LogP contribution in [0.4, 0.5) is 0 Å². The number of carbonyl (C=O) groups excluding carboxylic acids is 3. The molecule has 0 atom stereocenters. The molecule has 1 aromatic heterocycles. The van der Waals surface area contributed by atoms with Crippen LogP contribution in [0.1, 0.15) is 21.7 Å². The van der Waals surface area contributed by atoms with Gasteiger partial charge in [0.25, 0.3) is 11.8 Å². The Labute approximate surface area is 172 Å². The Bertz CT molecular complexity index is 1070. The van der Waals surface area contributed by atoms with Gasteiger partial charge in [-0.1, -0.05) is 12.1 Å². The maximum absolute atomic E-state index is 12.6. The fourth-order valence-corrected chi connectivity index (χ4v) is 3.14. The second kappa shape index (κ2) is 8.24. The number of amides is 2. The van der Waals surface area contributed by atoms with Gasteiger partial charge in [0.2, 0.25) is 0 Å². The van der Waals surface area contributed by atoms with Gasteiger partial charge in [0, 0.05) is 12.1 Å². The quantitative estimate of drug-likeness (QED) is 0.268. The predicted molar refractivity (Wildman–Crippen MR) is 111 cm³/mol. The van der Waals surface area contributed by atoms with Gasteiger partial charge in [0.15, 0.2) is 5.11 Å². The molecule has 148 valence electrons. The van der Waals surface area contributed by atoms with Gasteiger partial charge >= 0.3 is 5.97 Å². The third-order valence-electron chi connectivity index (χ3n) is 4.32. The first-order valence-corrected chi connectivity index (χ1v) is 9.05. The number of hydrogen-bond acceptors (Lipinski definition) is 6. The third kappa shape index (κ3) is 4.02. The zero-order valence-electron chi connectivity index (χ0n) is 15.9. The molecule has 0 spiro atoms. The van der Waals surface area contributed by atoms with Crippen molar-refractivity contribution in [2.24, 2.45) is 0 Å². The molecule has 29 heavy (non-hydrogen) atoms. The molecule has 0 radical (unpaired) electrons. The van der Waals surface area contributed by atoms with Gasteiger partial charge in [0.1, 0.15) is 17.1 Å². The number of hydrogen-bond donors (Lipinski definition) is 1. The number of furan rings is 1. The maximum Gasteiger partial charge on any atom is 0.337 e. The van der Waals surface area contributed by atoms with Crippen molar-refractivity contribution in [2.45, 2.75) is 6.92 Å². The summed E-state index contributed by atoms with van der Waals surface area (Å²) in [5.41, 5.74) is 1.94. The number of esters is 1. The SMILES string of the molecule is C=CCN1C(=O)/C(=C/c2ccc(-c3ccc(C(=O)OC)cc3C)o2)C(=O)NC1=S. The molecule has 0 bridgehead atoms. The fourth-order valence-electron chi connectivity index (χ4n) is 2.89. The van der Waals surface area contributed by atoms with Crippen molar-refractivity contribution < 1.29 is 23.5 Å². The zero-order chi connectivity index (χ0) is 21.1. The second-order valence-corrected chi connectivity index (χ2v) is 6.63. The summed E-state index contributed by atoms with van der Waals surface area (Å²) in [6.45, 7) is 5.61. The van der Waals surface area contributed by atoms with Crippen molar-refractivity contribution >= 4 is 41.2 Å². The number of benzene rings is 1. The van der Waals surface area contributed by atoms with Gasteiger partial charge in [-0.3, -0.25) is 19.8 Å². The summed E-state index contributed by atoms with van der Waals surface area (Å²) >= 11 is 5.03. The summed E-state index contributed by atoms with van der Waals surface area (Å²) < 4.78 is 10.5. The van der Waals surface area contributed by atoms with E-state index in [9.17, 15) is 14.4 Å². The molecular weight excluding hydrogens is 392 g/mol. The van der Waals surface area contributed by atoms with Crippen molar-refractivity contribution in [3.8, 4) is 11.3 Å². The molecule has 0 aliphatic carbocycles. The van der Waals surface area contributed by atoms with E-state index in [1.807, 2.05) is 6.92 Å². The van der Waals surface area contributed by atoms with Crippen LogP contribution < -0.4 is 5.32 Å². The molecule has 2 aromatic rings. The van der Waals surface area contributed by atoms with Crippen LogP contribution in [0.15, 0.2) is 53.0 Å². The van der Waals surface area contributed by atoms with Crippen LogP contribution in [0.25, 0.3) is 17.4 Å². The van der Waals surface area contributed by atoms with Crippen LogP contribution in [0.2, 0.25) is 0 Å². The summed E-state index contributed by atoms with van der Waals surface area (Å²) in [4.78, 5) is 37.7. The molecule has 3 rings (SSSR count). The van der Waals surface area contributed by atoms with E-state index < -0.39 is 17.8 Å². The third-order valence-corrected chi connectivity index (χ3v) is 4.65. The minimum absolute atomic E-state index is 0.0403. The Balaban J connectivity index is 1.91. The van der Waals surface area contributed by atoms with Crippen LogP contribution >= 0.6 is 12.2 Å². The standard InChI is InChI=1S/C21H18N2O5S/c1-4-9-23-19(25)16(18(24)22-21(23)29)11-14-6-8-17(28-14)15-7-5-13(10-12(15)2)20(26)27-3/h4-8,10-11H,1,9H2,2-3H3,(H,22,24,29)/b16-11+. The summed E-state index contributed by atoms with van der Waals surface area (Å²) in [5.74, 6) is -0.658. The summed E-state index contributed by atoms with van der Waals surface area (Å²) in [7, 11) is 1.32. The molecule has 1 aliphatic rings. The van der Waals surface area contributed by atoms with E-state index in [-0.39, 0.29) is 17.2 Å². The van der Waals surface area contributed by atoms with Crippen LogP contribution in [-0.2, 0) is 14.3 Å². The monoisotopic (exact) mass is 410 g/mol. The minimum atomic E-state index is -0.586. The first-order valence-electron chi connectivity index (χ1n) is 8.64. The molecule has 1 aromatic carbocycles. The summed E-state index contributed by atoms with van der Waals surface area (Å²) in [5, 5.41) is 2.52. The Morgan fingerprint density at radius 1 is 1.31 bits per heavy atom. The molecule has 1 aliphatic heterocycles. The highest BCUT2D eigenvalue weighted by Crippen LogP contribution is 2.28. The predicted octanol–water partition coefficient (Wildman–Crippen LogP) is 2.85. The Hall–Kier alpha value is -3.52. The molecule has 2 amide bonds. The van der Waals surface area contributed by atoms with Gasteiger partial charge in [-0.2, -0.15) is 0 Å². The molecule has 2 heterocycles. The van der Waals surface area contributed by atoms with Crippen LogP contribution in [0.3, 0.4) is 0 Å². The highest BCUT2D eigenvalue weighted by atomic mass is 32.1. The summed E-state index contributed by atoms with van der Waals surface area (Å²) in [6, 6.07) is 8.47. The van der Waals surface area contributed by atoms with Crippen molar-refractivity contribution in [3.63, 3.8) is 0 Å². The van der Waals surface area contributed by atoms with Gasteiger partial charge < -0.3 is 9.15 Å². The number of thiocarbonyl (C=S) groups is 1. The number of ether oxygens (including phenoxy) is 1. The van der Waals surface area contributed by atoms with Crippen molar-refractivity contribution in [3.05, 3.63) is 65.4 Å². The molecule has 8 heteroatoms. The van der Waals surface area contributed by atoms with E-state index in [1.165, 1.54) is 24.2 Å². The number of rotatable bonds is 5. The Morgan fingerprint density at radius 3 is 2.72 bits per heavy atom. The Morgan fingerprint density at radius 2 is 2.07 bits per heavy atom. The molecular formula is C21H18N2O5S. The lowest BCUT2D eigenvalue weighted by Crippen LogP contribution is -2.53. The van der Waals surface area contributed by atoms with Crippen LogP contribution in [-0.4, -0.2) is 41.5 Å². The molecule has 0 unspecified atom stereocenters. The topological polar surface area (TPSA) is 88.8 Å².